The van der Waals surface area contributed by atoms with Crippen molar-refractivity contribution in [2.24, 2.45) is 5.73 Å². The van der Waals surface area contributed by atoms with Crippen molar-refractivity contribution in [2.45, 2.75) is 180 Å². The number of esters is 2. The van der Waals surface area contributed by atoms with Crippen molar-refractivity contribution in [1.82, 2.24) is 0 Å². The molecule has 0 heterocycles. The molecule has 2 unspecified atom stereocenters. The van der Waals surface area contributed by atoms with E-state index in [-0.39, 0.29) is 32.6 Å². The molecular formula is C42H76NO8P. The largest absolute Gasteiger partial charge is 0.472 e. The van der Waals surface area contributed by atoms with Crippen LogP contribution in [0.25, 0.3) is 0 Å². The molecule has 0 aromatic carbocycles. The summed E-state index contributed by atoms with van der Waals surface area (Å²) in [5.74, 6) is -0.927. The molecular weight excluding hydrogens is 677 g/mol. The number of phosphoric acid groups is 1. The molecule has 2 atom stereocenters. The predicted octanol–water partition coefficient (Wildman–Crippen LogP) is 11.6. The summed E-state index contributed by atoms with van der Waals surface area (Å²) in [6.45, 7) is 3.62. The minimum absolute atomic E-state index is 0.0421. The summed E-state index contributed by atoms with van der Waals surface area (Å²) in [6, 6.07) is 0. The van der Waals surface area contributed by atoms with Crippen LogP contribution in [0.4, 0.5) is 0 Å². The minimum atomic E-state index is -4.39. The third-order valence-corrected chi connectivity index (χ3v) is 9.46. The van der Waals surface area contributed by atoms with Crippen LogP contribution in [0.2, 0.25) is 0 Å². The normalized spacial score (nSPS) is 13.8. The molecule has 0 aromatic heterocycles. The quantitative estimate of drug-likeness (QED) is 0.0208. The lowest BCUT2D eigenvalue weighted by Crippen LogP contribution is -2.29. The number of unbranched alkanes of at least 4 members (excludes halogenated alkanes) is 18. The number of allylic oxidation sites excluding steroid dienone is 8. The molecule has 0 bridgehead atoms. The molecule has 0 radical (unpaired) electrons. The van der Waals surface area contributed by atoms with Crippen LogP contribution in [0.1, 0.15) is 174 Å². The zero-order valence-electron chi connectivity index (χ0n) is 33.0. The molecule has 0 saturated heterocycles. The third kappa shape index (κ3) is 37.7. The van der Waals surface area contributed by atoms with Gasteiger partial charge in [0.1, 0.15) is 6.61 Å². The van der Waals surface area contributed by atoms with Gasteiger partial charge in [-0.25, -0.2) is 4.57 Å². The van der Waals surface area contributed by atoms with Crippen molar-refractivity contribution in [3.63, 3.8) is 0 Å². The Labute approximate surface area is 317 Å². The highest BCUT2D eigenvalue weighted by Gasteiger charge is 2.25. The zero-order valence-corrected chi connectivity index (χ0v) is 33.9. The highest BCUT2D eigenvalue weighted by molar-refractivity contribution is 7.47. The van der Waals surface area contributed by atoms with Gasteiger partial charge in [-0.15, -0.1) is 0 Å². The Bertz CT molecular complexity index is 996. The smallest absolute Gasteiger partial charge is 0.462 e. The number of rotatable bonds is 38. The van der Waals surface area contributed by atoms with Crippen LogP contribution in [0.5, 0.6) is 0 Å². The maximum absolute atomic E-state index is 12.5. The zero-order chi connectivity index (χ0) is 38.2. The molecule has 0 aromatic rings. The van der Waals surface area contributed by atoms with Crippen molar-refractivity contribution >= 4 is 19.8 Å². The molecule has 0 aliphatic rings. The van der Waals surface area contributed by atoms with Gasteiger partial charge in [0, 0.05) is 19.4 Å². The number of carbonyl (C=O) groups excluding carboxylic acids is 2. The second-order valence-electron chi connectivity index (χ2n) is 13.5. The van der Waals surface area contributed by atoms with Crippen molar-refractivity contribution in [2.75, 3.05) is 26.4 Å². The van der Waals surface area contributed by atoms with Crippen molar-refractivity contribution in [3.05, 3.63) is 48.6 Å². The van der Waals surface area contributed by atoms with Gasteiger partial charge in [0.25, 0.3) is 0 Å². The number of hydrogen-bond acceptors (Lipinski definition) is 8. The Morgan fingerprint density at radius 2 is 1.10 bits per heavy atom. The first-order chi connectivity index (χ1) is 25.3. The average Bonchev–Trinajstić information content (AvgIpc) is 3.13. The topological polar surface area (TPSA) is 134 Å². The first kappa shape index (κ1) is 50.0. The molecule has 3 N–H and O–H groups in total. The van der Waals surface area contributed by atoms with Crippen LogP contribution >= 0.6 is 7.82 Å². The Hall–Kier alpha value is -2.03. The van der Waals surface area contributed by atoms with E-state index in [1.54, 1.807) is 0 Å². The van der Waals surface area contributed by atoms with E-state index in [1.165, 1.54) is 83.5 Å². The van der Waals surface area contributed by atoms with Gasteiger partial charge >= 0.3 is 19.8 Å². The van der Waals surface area contributed by atoms with Gasteiger partial charge in [-0.2, -0.15) is 0 Å². The van der Waals surface area contributed by atoms with Gasteiger partial charge in [0.05, 0.1) is 13.2 Å². The lowest BCUT2D eigenvalue weighted by Gasteiger charge is -2.19. The van der Waals surface area contributed by atoms with E-state index in [2.05, 4.69) is 50.3 Å². The molecule has 0 fully saturated rings. The fourth-order valence-electron chi connectivity index (χ4n) is 5.38. The first-order valence-electron chi connectivity index (χ1n) is 20.6. The van der Waals surface area contributed by atoms with Crippen LogP contribution in [0, 0.1) is 0 Å². The fourth-order valence-corrected chi connectivity index (χ4v) is 6.15. The van der Waals surface area contributed by atoms with Gasteiger partial charge in [-0.05, 0) is 57.8 Å². The van der Waals surface area contributed by atoms with E-state index >= 15 is 0 Å². The number of ether oxygens (including phenoxy) is 2. The summed E-state index contributed by atoms with van der Waals surface area (Å²) in [4.78, 5) is 34.7. The summed E-state index contributed by atoms with van der Waals surface area (Å²) in [6.07, 6.45) is 43.0. The highest BCUT2D eigenvalue weighted by atomic mass is 31.2. The lowest BCUT2D eigenvalue weighted by molar-refractivity contribution is -0.161. The first-order valence-corrected chi connectivity index (χ1v) is 22.1. The molecule has 9 nitrogen and oxygen atoms in total. The van der Waals surface area contributed by atoms with E-state index < -0.39 is 32.5 Å². The van der Waals surface area contributed by atoms with Crippen LogP contribution < -0.4 is 5.73 Å². The van der Waals surface area contributed by atoms with E-state index in [0.717, 1.165) is 51.4 Å². The molecule has 0 aliphatic heterocycles. The highest BCUT2D eigenvalue weighted by Crippen LogP contribution is 2.43. The SMILES string of the molecule is CCCCCCCC/C=C/C/C=C/CCC(=O)OC(COC(=O)CCCCCCC/C=C/C=C/CCCCCCCCC)COP(=O)(O)OCCN. The minimum Gasteiger partial charge on any atom is -0.462 e. The second kappa shape index (κ2) is 38.7. The van der Waals surface area contributed by atoms with Crippen LogP contribution in [0.3, 0.4) is 0 Å². The van der Waals surface area contributed by atoms with Crippen LogP contribution in [-0.2, 0) is 32.7 Å². The lowest BCUT2D eigenvalue weighted by atomic mass is 10.1. The predicted molar refractivity (Wildman–Crippen MR) is 215 cm³/mol. The van der Waals surface area contributed by atoms with E-state index in [4.69, 9.17) is 24.3 Å². The molecule has 0 saturated carbocycles. The summed E-state index contributed by atoms with van der Waals surface area (Å²) in [5, 5.41) is 0. The van der Waals surface area contributed by atoms with Crippen molar-refractivity contribution in [3.8, 4) is 0 Å². The van der Waals surface area contributed by atoms with Crippen LogP contribution in [-0.4, -0.2) is 49.3 Å². The Morgan fingerprint density at radius 3 is 1.65 bits per heavy atom. The van der Waals surface area contributed by atoms with Crippen LogP contribution in [0.15, 0.2) is 48.6 Å². The summed E-state index contributed by atoms with van der Waals surface area (Å²) >= 11 is 0. The average molecular weight is 754 g/mol. The van der Waals surface area contributed by atoms with Gasteiger partial charge in [-0.1, -0.05) is 152 Å². The molecule has 0 amide bonds. The molecule has 0 spiro atoms. The fraction of sp³-hybridized carbons (Fsp3) is 0.762. The second-order valence-corrected chi connectivity index (χ2v) is 15.0. The molecule has 10 heteroatoms. The Morgan fingerprint density at radius 1 is 0.596 bits per heavy atom. The standard InChI is InChI=1S/C42H76NO8P/c1-3-5-7-9-11-13-15-17-18-19-20-21-23-24-26-28-30-32-34-41(44)48-38-40(39-50-52(46,47)49-37-36-43)51-42(45)35-33-31-29-27-25-22-16-14-12-10-8-6-4-2/h18-22,25,29,31,40H,3-17,23-24,26-28,30,32-39,43H2,1-2H3,(H,46,47)/b19-18+,21-20+,25-22+,31-29+. The molecule has 52 heavy (non-hydrogen) atoms. The summed E-state index contributed by atoms with van der Waals surface area (Å²) in [5.41, 5.74) is 5.33. The third-order valence-electron chi connectivity index (χ3n) is 8.48. The molecule has 0 rings (SSSR count). The van der Waals surface area contributed by atoms with Gasteiger partial charge in [0.2, 0.25) is 0 Å². The monoisotopic (exact) mass is 754 g/mol. The summed E-state index contributed by atoms with van der Waals surface area (Å²) < 4.78 is 32.6. The Kier molecular flexibility index (Phi) is 37.2. The maximum Gasteiger partial charge on any atom is 0.472 e. The Balaban J connectivity index is 4.27. The van der Waals surface area contributed by atoms with Gasteiger partial charge < -0.3 is 20.1 Å². The van der Waals surface area contributed by atoms with E-state index in [9.17, 15) is 19.0 Å². The van der Waals surface area contributed by atoms with E-state index in [0.29, 0.717) is 12.8 Å². The van der Waals surface area contributed by atoms with Crippen molar-refractivity contribution < 1.29 is 37.6 Å². The molecule has 0 aliphatic carbocycles. The van der Waals surface area contributed by atoms with Crippen molar-refractivity contribution in [1.29, 1.82) is 0 Å². The number of nitrogens with two attached hydrogens (primary N) is 1. The van der Waals surface area contributed by atoms with E-state index in [1.807, 2.05) is 12.2 Å². The number of hydrogen-bond donors (Lipinski definition) is 2. The van der Waals surface area contributed by atoms with Gasteiger partial charge in [-0.3, -0.25) is 18.6 Å². The number of carbonyl (C=O) groups is 2. The number of phosphoric ester groups is 1. The summed E-state index contributed by atoms with van der Waals surface area (Å²) in [7, 11) is -4.39. The van der Waals surface area contributed by atoms with Gasteiger partial charge in [0.15, 0.2) is 6.10 Å². The molecule has 302 valence electrons. The maximum atomic E-state index is 12.5.